The van der Waals surface area contributed by atoms with Gasteiger partial charge in [0.15, 0.2) is 0 Å². The third-order valence-corrected chi connectivity index (χ3v) is 14.1. The van der Waals surface area contributed by atoms with Crippen LogP contribution in [0.4, 0.5) is 11.4 Å². The summed E-state index contributed by atoms with van der Waals surface area (Å²) in [6.07, 6.45) is 7.74. The molecule has 12 rings (SSSR count). The molecule has 1 unspecified atom stereocenters. The van der Waals surface area contributed by atoms with Gasteiger partial charge in [-0.1, -0.05) is 214 Å². The largest absolute Gasteiger partial charge is 0.327 e. The summed E-state index contributed by atoms with van der Waals surface area (Å²) >= 11 is 0. The monoisotopic (exact) mass is 832 g/mol. The number of aromatic nitrogens is 1. The predicted octanol–water partition coefficient (Wildman–Crippen LogP) is 16.5. The molecule has 2 nitrogen and oxygen atoms in total. The molecule has 1 atom stereocenters. The highest BCUT2D eigenvalue weighted by atomic mass is 15.2. The summed E-state index contributed by atoms with van der Waals surface area (Å²) in [6.45, 7) is 4.74. The molecule has 0 radical (unpaired) electrons. The van der Waals surface area contributed by atoms with Crippen LogP contribution in [0.5, 0.6) is 0 Å². The molecule has 0 aliphatic heterocycles. The summed E-state index contributed by atoms with van der Waals surface area (Å²) in [4.78, 5) is 2.68. The number of allylic oxidation sites excluding steroid dienone is 2. The third-order valence-electron chi connectivity index (χ3n) is 14.1. The summed E-state index contributed by atoms with van der Waals surface area (Å²) in [7, 11) is 0. The average Bonchev–Trinajstić information content (AvgIpc) is 3.83. The van der Waals surface area contributed by atoms with Crippen molar-refractivity contribution >= 4 is 38.8 Å². The molecule has 0 N–H and O–H groups in total. The number of anilines is 2. The first-order valence-electron chi connectivity index (χ1n) is 22.8. The van der Waals surface area contributed by atoms with Crippen LogP contribution in [0.2, 0.25) is 0 Å². The van der Waals surface area contributed by atoms with Crippen LogP contribution in [0.15, 0.2) is 243 Å². The van der Waals surface area contributed by atoms with E-state index in [1.165, 1.54) is 77.5 Å². The fourth-order valence-electron chi connectivity index (χ4n) is 11.3. The summed E-state index contributed by atoms with van der Waals surface area (Å²) in [5.74, 6) is 0. The van der Waals surface area contributed by atoms with E-state index in [1.54, 1.807) is 0 Å². The van der Waals surface area contributed by atoms with Crippen molar-refractivity contribution in [1.82, 2.24) is 4.57 Å². The van der Waals surface area contributed by atoms with Gasteiger partial charge in [0.25, 0.3) is 0 Å². The van der Waals surface area contributed by atoms with Crippen LogP contribution in [-0.4, -0.2) is 4.57 Å². The first-order chi connectivity index (χ1) is 32.0. The van der Waals surface area contributed by atoms with Gasteiger partial charge >= 0.3 is 0 Å². The molecule has 1 heterocycles. The van der Waals surface area contributed by atoms with Gasteiger partial charge in [0.05, 0.1) is 11.0 Å². The maximum absolute atomic E-state index is 2.68. The standard InChI is InChI=1S/C63H48N2/c1-62(2)57-36-15-13-31-52(57)55-43-49(39-40-58(55)62)65(63(41-19-18-35-56(63)45-24-8-4-9-25-45)59-37-16-12-30-50(59)44-22-6-3-7-23-44)48-29-20-26-46(42-48)51-33-21-34-54-53-32-14-17-38-60(53)64(61(51)54)47-27-10-5-11-28-47/h3-40,42-43H,41H2,1-2H3. The molecule has 0 spiro atoms. The molecule has 310 valence electrons. The van der Waals surface area contributed by atoms with E-state index in [0.717, 1.165) is 29.0 Å². The quantitative estimate of drug-likeness (QED) is 0.148. The lowest BCUT2D eigenvalue weighted by molar-refractivity contribution is 0.567. The normalized spacial score (nSPS) is 16.0. The zero-order chi connectivity index (χ0) is 43.5. The maximum atomic E-state index is 2.68. The lowest BCUT2D eigenvalue weighted by Crippen LogP contribution is -2.45. The Bertz CT molecular complexity index is 3480. The Balaban J connectivity index is 1.17. The van der Waals surface area contributed by atoms with Gasteiger partial charge in [-0.25, -0.2) is 0 Å². The summed E-state index contributed by atoms with van der Waals surface area (Å²) in [5.41, 5.74) is 18.8. The van der Waals surface area contributed by atoms with Crippen LogP contribution in [0.1, 0.15) is 42.5 Å². The van der Waals surface area contributed by atoms with Gasteiger partial charge in [-0.05, 0) is 105 Å². The molecule has 65 heavy (non-hydrogen) atoms. The molecular weight excluding hydrogens is 785 g/mol. The minimum Gasteiger partial charge on any atom is -0.327 e. The number of nitrogens with zero attached hydrogens (tertiary/aromatic N) is 2. The summed E-state index contributed by atoms with van der Waals surface area (Å²) in [5, 5.41) is 2.49. The van der Waals surface area contributed by atoms with Crippen molar-refractivity contribution in [2.24, 2.45) is 0 Å². The van der Waals surface area contributed by atoms with E-state index in [0.29, 0.717) is 0 Å². The van der Waals surface area contributed by atoms with Crippen molar-refractivity contribution in [3.05, 3.63) is 265 Å². The molecule has 2 heteroatoms. The van der Waals surface area contributed by atoms with E-state index in [-0.39, 0.29) is 5.41 Å². The number of rotatable bonds is 8. The molecule has 10 aromatic rings. The first-order valence-corrected chi connectivity index (χ1v) is 22.8. The fraction of sp³-hybridized carbons (Fsp3) is 0.0794. The van der Waals surface area contributed by atoms with E-state index in [1.807, 2.05) is 0 Å². The van der Waals surface area contributed by atoms with Crippen molar-refractivity contribution < 1.29 is 0 Å². The van der Waals surface area contributed by atoms with Crippen molar-refractivity contribution in [1.29, 1.82) is 0 Å². The number of hydrogen-bond donors (Lipinski definition) is 0. The molecule has 0 saturated carbocycles. The van der Waals surface area contributed by atoms with E-state index >= 15 is 0 Å². The van der Waals surface area contributed by atoms with Crippen LogP contribution in [0, 0.1) is 0 Å². The lowest BCUT2D eigenvalue weighted by atomic mass is 9.70. The molecule has 9 aromatic carbocycles. The van der Waals surface area contributed by atoms with Gasteiger partial charge < -0.3 is 9.47 Å². The molecule has 2 aliphatic rings. The highest BCUT2D eigenvalue weighted by Gasteiger charge is 2.46. The number of benzene rings is 9. The Morgan fingerprint density at radius 2 is 1.02 bits per heavy atom. The van der Waals surface area contributed by atoms with Crippen LogP contribution in [-0.2, 0) is 11.0 Å². The smallest absolute Gasteiger partial charge is 0.100 e. The van der Waals surface area contributed by atoms with E-state index in [9.17, 15) is 0 Å². The fourth-order valence-corrected chi connectivity index (χ4v) is 11.3. The second-order valence-corrected chi connectivity index (χ2v) is 18.0. The van der Waals surface area contributed by atoms with E-state index in [4.69, 9.17) is 0 Å². The van der Waals surface area contributed by atoms with Crippen molar-refractivity contribution in [2.75, 3.05) is 4.90 Å². The zero-order valence-corrected chi connectivity index (χ0v) is 36.7. The van der Waals surface area contributed by atoms with Crippen LogP contribution in [0.3, 0.4) is 0 Å². The Morgan fingerprint density at radius 1 is 0.431 bits per heavy atom. The molecule has 0 fully saturated rings. The molecular formula is C63H48N2. The predicted molar refractivity (Wildman–Crippen MR) is 274 cm³/mol. The average molecular weight is 833 g/mol. The molecule has 1 aromatic heterocycles. The topological polar surface area (TPSA) is 8.17 Å². The van der Waals surface area contributed by atoms with Crippen LogP contribution >= 0.6 is 0 Å². The number of para-hydroxylation sites is 3. The Labute approximate surface area is 381 Å². The zero-order valence-electron chi connectivity index (χ0n) is 36.7. The van der Waals surface area contributed by atoms with Crippen LogP contribution < -0.4 is 4.90 Å². The van der Waals surface area contributed by atoms with Gasteiger partial charge in [0.1, 0.15) is 5.54 Å². The highest BCUT2D eigenvalue weighted by Crippen LogP contribution is 2.56. The molecule has 0 amide bonds. The minimum absolute atomic E-state index is 0.120. The lowest BCUT2D eigenvalue weighted by Gasteiger charge is -2.49. The van der Waals surface area contributed by atoms with Gasteiger partial charge in [-0.2, -0.15) is 0 Å². The van der Waals surface area contributed by atoms with E-state index in [2.05, 4.69) is 266 Å². The Morgan fingerprint density at radius 3 is 1.82 bits per heavy atom. The SMILES string of the molecule is CC1(C)c2ccccc2-c2cc(N(c3cccc(-c4cccc5c6ccccc6n(-c6ccccc6)c45)c3)C3(c4ccccc4-c4ccccc4)CC=CC=C3c3ccccc3)ccc21. The van der Waals surface area contributed by atoms with Crippen molar-refractivity contribution in [3.63, 3.8) is 0 Å². The highest BCUT2D eigenvalue weighted by molar-refractivity contribution is 6.14. The third kappa shape index (κ3) is 6.09. The van der Waals surface area contributed by atoms with Crippen molar-refractivity contribution in [2.45, 2.75) is 31.2 Å². The minimum atomic E-state index is -0.687. The number of hydrogen-bond acceptors (Lipinski definition) is 1. The summed E-state index contributed by atoms with van der Waals surface area (Å²) in [6, 6.07) is 83.1. The Hall–Kier alpha value is -7.94. The van der Waals surface area contributed by atoms with Gasteiger partial charge in [0.2, 0.25) is 0 Å². The second-order valence-electron chi connectivity index (χ2n) is 18.0. The maximum Gasteiger partial charge on any atom is 0.100 e. The number of fused-ring (bicyclic) bond motifs is 6. The Kier molecular flexibility index (Phi) is 9.17. The van der Waals surface area contributed by atoms with Gasteiger partial charge in [-0.15, -0.1) is 0 Å². The van der Waals surface area contributed by atoms with E-state index < -0.39 is 5.54 Å². The molecule has 2 aliphatic carbocycles. The second kappa shape index (κ2) is 15.4. The van der Waals surface area contributed by atoms with Gasteiger partial charge in [0, 0.05) is 38.8 Å². The summed E-state index contributed by atoms with van der Waals surface area (Å²) < 4.78 is 2.45. The van der Waals surface area contributed by atoms with Crippen molar-refractivity contribution in [3.8, 4) is 39.1 Å². The first kappa shape index (κ1) is 38.7. The molecule has 0 bridgehead atoms. The van der Waals surface area contributed by atoms with Gasteiger partial charge in [-0.3, -0.25) is 0 Å². The van der Waals surface area contributed by atoms with Crippen LogP contribution in [0.25, 0.3) is 66.4 Å². The molecule has 0 saturated heterocycles.